The molecule has 0 saturated carbocycles. The van der Waals surface area contributed by atoms with Crippen LogP contribution in [0.1, 0.15) is 42.1 Å². The summed E-state index contributed by atoms with van der Waals surface area (Å²) in [6, 6.07) is 4.68. The number of rotatable bonds is 3. The molecule has 1 heterocycles. The van der Waals surface area contributed by atoms with E-state index in [0.29, 0.717) is 17.0 Å². The Kier molecular flexibility index (Phi) is 4.68. The van der Waals surface area contributed by atoms with Crippen LogP contribution in [0.3, 0.4) is 0 Å². The Hall–Kier alpha value is -1.40. The second kappa shape index (κ2) is 6.15. The predicted octanol–water partition coefficient (Wildman–Crippen LogP) is 1.90. The van der Waals surface area contributed by atoms with Crippen molar-refractivity contribution in [3.8, 4) is 0 Å². The number of nitrogens with zero attached hydrogens (tertiary/aromatic N) is 1. The van der Waals surface area contributed by atoms with Crippen LogP contribution in [-0.2, 0) is 10.0 Å². The molecule has 1 saturated heterocycles. The molecule has 21 heavy (non-hydrogen) atoms. The van der Waals surface area contributed by atoms with Gasteiger partial charge in [0.05, 0.1) is 4.90 Å². The summed E-state index contributed by atoms with van der Waals surface area (Å²) >= 11 is 0. The average Bonchev–Trinajstić information content (AvgIpc) is 2.46. The van der Waals surface area contributed by atoms with Gasteiger partial charge in [-0.25, -0.2) is 13.6 Å². The van der Waals surface area contributed by atoms with Crippen LogP contribution in [0.4, 0.5) is 0 Å². The van der Waals surface area contributed by atoms with E-state index in [4.69, 9.17) is 5.14 Å². The fourth-order valence-electron chi connectivity index (χ4n) is 2.77. The van der Waals surface area contributed by atoms with Crippen LogP contribution in [0.2, 0.25) is 0 Å². The topological polar surface area (TPSA) is 80.5 Å². The third kappa shape index (κ3) is 3.63. The van der Waals surface area contributed by atoms with Crippen molar-refractivity contribution in [3.63, 3.8) is 0 Å². The summed E-state index contributed by atoms with van der Waals surface area (Å²) in [5.41, 5.74) is 0.943. The number of benzene rings is 1. The van der Waals surface area contributed by atoms with Gasteiger partial charge in [0.25, 0.3) is 5.91 Å². The molecule has 1 fully saturated rings. The number of carbonyl (C=O) groups excluding carboxylic acids is 1. The normalized spacial score (nSPS) is 17.0. The Labute approximate surface area is 126 Å². The number of nitrogens with two attached hydrogens (primary N) is 1. The molecule has 0 radical (unpaired) electrons. The van der Waals surface area contributed by atoms with E-state index in [1.54, 1.807) is 24.0 Å². The summed E-state index contributed by atoms with van der Waals surface area (Å²) in [7, 11) is -3.80. The third-order valence-corrected chi connectivity index (χ3v) is 5.27. The van der Waals surface area contributed by atoms with Gasteiger partial charge in [0, 0.05) is 18.7 Å². The van der Waals surface area contributed by atoms with Gasteiger partial charge in [0.2, 0.25) is 10.0 Å². The van der Waals surface area contributed by atoms with Crippen molar-refractivity contribution >= 4 is 15.9 Å². The van der Waals surface area contributed by atoms with E-state index >= 15 is 0 Å². The lowest BCUT2D eigenvalue weighted by atomic mass is 9.94. The molecular weight excluding hydrogens is 288 g/mol. The van der Waals surface area contributed by atoms with Crippen molar-refractivity contribution in [2.75, 3.05) is 13.1 Å². The standard InChI is InChI=1S/C15H22N2O3S/c1-3-12-6-8-17(9-7-12)15(18)13-5-4-11(2)14(10-13)21(16,19)20/h4-5,10,12H,3,6-9H2,1-2H3,(H2,16,19,20). The number of primary sulfonamides is 1. The third-order valence-electron chi connectivity index (χ3n) is 4.22. The van der Waals surface area contributed by atoms with Crippen LogP contribution in [0.15, 0.2) is 23.1 Å². The first-order valence-corrected chi connectivity index (χ1v) is 8.80. The highest BCUT2D eigenvalue weighted by Gasteiger charge is 2.24. The molecular formula is C15H22N2O3S. The van der Waals surface area contributed by atoms with Gasteiger partial charge in [-0.1, -0.05) is 19.4 Å². The van der Waals surface area contributed by atoms with E-state index in [1.807, 2.05) is 0 Å². The summed E-state index contributed by atoms with van der Waals surface area (Å²) < 4.78 is 23.1. The number of aryl methyl sites for hydroxylation is 1. The van der Waals surface area contributed by atoms with Crippen LogP contribution < -0.4 is 5.14 Å². The molecule has 0 unspecified atom stereocenters. The fraction of sp³-hybridized carbons (Fsp3) is 0.533. The van der Waals surface area contributed by atoms with Crippen molar-refractivity contribution < 1.29 is 13.2 Å². The zero-order chi connectivity index (χ0) is 15.6. The summed E-state index contributed by atoms with van der Waals surface area (Å²) in [4.78, 5) is 14.3. The molecule has 116 valence electrons. The van der Waals surface area contributed by atoms with E-state index in [2.05, 4.69) is 6.92 Å². The molecule has 0 bridgehead atoms. The van der Waals surface area contributed by atoms with Crippen LogP contribution in [0.25, 0.3) is 0 Å². The molecule has 2 N–H and O–H groups in total. The lowest BCUT2D eigenvalue weighted by molar-refractivity contribution is 0.0688. The summed E-state index contributed by atoms with van der Waals surface area (Å²) in [5, 5.41) is 5.19. The highest BCUT2D eigenvalue weighted by Crippen LogP contribution is 2.22. The van der Waals surface area contributed by atoms with Crippen molar-refractivity contribution in [1.29, 1.82) is 0 Å². The second-order valence-electron chi connectivity index (χ2n) is 5.67. The Morgan fingerprint density at radius 2 is 1.95 bits per heavy atom. The van der Waals surface area contributed by atoms with Gasteiger partial charge in [0.15, 0.2) is 0 Å². The SMILES string of the molecule is CCC1CCN(C(=O)c2ccc(C)c(S(N)(=O)=O)c2)CC1. The maximum Gasteiger partial charge on any atom is 0.253 e. The largest absolute Gasteiger partial charge is 0.339 e. The number of sulfonamides is 1. The molecule has 1 aromatic carbocycles. The molecule has 0 atom stereocenters. The maximum absolute atomic E-state index is 12.5. The van der Waals surface area contributed by atoms with E-state index in [9.17, 15) is 13.2 Å². The monoisotopic (exact) mass is 310 g/mol. The number of hydrogen-bond acceptors (Lipinski definition) is 3. The van der Waals surface area contributed by atoms with Crippen LogP contribution in [0, 0.1) is 12.8 Å². The quantitative estimate of drug-likeness (QED) is 0.926. The minimum absolute atomic E-state index is 0.0248. The van der Waals surface area contributed by atoms with Gasteiger partial charge >= 0.3 is 0 Å². The maximum atomic E-state index is 12.5. The van der Waals surface area contributed by atoms with Crippen molar-refractivity contribution in [2.45, 2.75) is 38.0 Å². The van der Waals surface area contributed by atoms with Gasteiger partial charge in [0.1, 0.15) is 0 Å². The van der Waals surface area contributed by atoms with Crippen LogP contribution in [-0.4, -0.2) is 32.3 Å². The molecule has 0 aromatic heterocycles. The van der Waals surface area contributed by atoms with Crippen LogP contribution >= 0.6 is 0 Å². The van der Waals surface area contributed by atoms with E-state index in [-0.39, 0.29) is 10.8 Å². The molecule has 1 aromatic rings. The number of amides is 1. The highest BCUT2D eigenvalue weighted by atomic mass is 32.2. The number of hydrogen-bond donors (Lipinski definition) is 1. The predicted molar refractivity (Wildman–Crippen MR) is 81.5 cm³/mol. The lowest BCUT2D eigenvalue weighted by Crippen LogP contribution is -2.38. The summed E-state index contributed by atoms with van der Waals surface area (Å²) in [6.45, 7) is 5.30. The second-order valence-corrected chi connectivity index (χ2v) is 7.20. The van der Waals surface area contributed by atoms with Gasteiger partial charge < -0.3 is 4.90 Å². The minimum Gasteiger partial charge on any atom is -0.339 e. The average molecular weight is 310 g/mol. The zero-order valence-corrected chi connectivity index (χ0v) is 13.3. The van der Waals surface area contributed by atoms with Gasteiger partial charge in [-0.15, -0.1) is 0 Å². The number of piperidine rings is 1. The Morgan fingerprint density at radius 3 is 2.48 bits per heavy atom. The first-order chi connectivity index (χ1) is 9.82. The Balaban J connectivity index is 2.21. The molecule has 0 spiro atoms. The molecule has 0 aliphatic carbocycles. The van der Waals surface area contributed by atoms with Crippen molar-refractivity contribution in [3.05, 3.63) is 29.3 Å². The molecule has 2 rings (SSSR count). The summed E-state index contributed by atoms with van der Waals surface area (Å²) in [6.07, 6.45) is 3.16. The Morgan fingerprint density at radius 1 is 1.33 bits per heavy atom. The molecule has 1 aliphatic rings. The van der Waals surface area contributed by atoms with Gasteiger partial charge in [-0.05, 0) is 43.4 Å². The molecule has 1 aliphatic heterocycles. The molecule has 1 amide bonds. The molecule has 5 nitrogen and oxygen atoms in total. The fourth-order valence-corrected chi connectivity index (χ4v) is 3.57. The van der Waals surface area contributed by atoms with E-state index < -0.39 is 10.0 Å². The van der Waals surface area contributed by atoms with Gasteiger partial charge in [-0.2, -0.15) is 0 Å². The van der Waals surface area contributed by atoms with E-state index in [0.717, 1.165) is 32.4 Å². The lowest BCUT2D eigenvalue weighted by Gasteiger charge is -2.31. The zero-order valence-electron chi connectivity index (χ0n) is 12.5. The summed E-state index contributed by atoms with van der Waals surface area (Å²) in [5.74, 6) is 0.571. The highest BCUT2D eigenvalue weighted by molar-refractivity contribution is 7.89. The molecule has 6 heteroatoms. The van der Waals surface area contributed by atoms with Gasteiger partial charge in [-0.3, -0.25) is 4.79 Å². The van der Waals surface area contributed by atoms with Crippen molar-refractivity contribution in [2.24, 2.45) is 11.1 Å². The first-order valence-electron chi connectivity index (χ1n) is 7.25. The van der Waals surface area contributed by atoms with Crippen molar-refractivity contribution in [1.82, 2.24) is 4.90 Å². The van der Waals surface area contributed by atoms with E-state index in [1.165, 1.54) is 6.07 Å². The minimum atomic E-state index is -3.80. The number of carbonyl (C=O) groups is 1. The first kappa shape index (κ1) is 16.0. The Bertz CT molecular complexity index is 632. The smallest absolute Gasteiger partial charge is 0.253 e. The van der Waals surface area contributed by atoms with Crippen LogP contribution in [0.5, 0.6) is 0 Å². The number of likely N-dealkylation sites (tertiary alicyclic amines) is 1.